The van der Waals surface area contributed by atoms with Crippen LogP contribution in [0.1, 0.15) is 41.4 Å². The molecule has 5 rings (SSSR count). The van der Waals surface area contributed by atoms with Gasteiger partial charge in [0.1, 0.15) is 11.8 Å². The monoisotopic (exact) mass is 658 g/mol. The molecule has 3 atom stereocenters. The van der Waals surface area contributed by atoms with Crippen molar-refractivity contribution in [2.24, 2.45) is 0 Å². The molecule has 44 heavy (non-hydrogen) atoms. The quantitative estimate of drug-likeness (QED) is 0.247. The second kappa shape index (κ2) is 13.2. The number of hydrogen-bond acceptors (Lipinski definition) is 6. The van der Waals surface area contributed by atoms with Crippen molar-refractivity contribution in [2.75, 3.05) is 30.5 Å². The van der Waals surface area contributed by atoms with Crippen LogP contribution < -0.4 is 25.2 Å². The predicted molar refractivity (Wildman–Crippen MR) is 175 cm³/mol. The number of para-hydroxylation sites is 2. The van der Waals surface area contributed by atoms with E-state index >= 15 is 0 Å². The minimum Gasteiger partial charge on any atom is -0.496 e. The van der Waals surface area contributed by atoms with Gasteiger partial charge in [-0.25, -0.2) is 0 Å². The molecule has 0 radical (unpaired) electrons. The predicted octanol–water partition coefficient (Wildman–Crippen LogP) is 4.95. The van der Waals surface area contributed by atoms with Crippen LogP contribution >= 0.6 is 15.9 Å². The molecule has 0 aliphatic carbocycles. The number of halogens is 1. The Morgan fingerprint density at radius 2 is 1.73 bits per heavy atom. The number of methoxy groups -OCH3 is 1. The molecule has 0 aromatic heterocycles. The Kier molecular flexibility index (Phi) is 9.33. The molecule has 4 aromatic rings. The van der Waals surface area contributed by atoms with Crippen molar-refractivity contribution < 1.29 is 24.2 Å². The Hall–Kier alpha value is -4.25. The van der Waals surface area contributed by atoms with E-state index in [9.17, 15) is 19.5 Å². The third kappa shape index (κ3) is 6.19. The summed E-state index contributed by atoms with van der Waals surface area (Å²) in [7, 11) is 3.26. The van der Waals surface area contributed by atoms with Gasteiger partial charge in [-0.05, 0) is 79.7 Å². The maximum atomic E-state index is 14.4. The number of aliphatic hydroxyl groups is 1. The number of fused-ring (bicyclic) bond motifs is 2. The van der Waals surface area contributed by atoms with Crippen LogP contribution in [0, 0.1) is 0 Å². The van der Waals surface area contributed by atoms with Crippen LogP contribution in [-0.4, -0.2) is 55.6 Å². The Morgan fingerprint density at radius 3 is 2.39 bits per heavy atom. The van der Waals surface area contributed by atoms with Crippen LogP contribution in [0.3, 0.4) is 0 Å². The molecular formula is C34H35BrN4O5. The van der Waals surface area contributed by atoms with Gasteiger partial charge in [0.05, 0.1) is 43.7 Å². The van der Waals surface area contributed by atoms with Crippen molar-refractivity contribution in [3.63, 3.8) is 0 Å². The number of anilines is 2. The van der Waals surface area contributed by atoms with Crippen molar-refractivity contribution in [1.29, 1.82) is 0 Å². The Balaban J connectivity index is 1.64. The Morgan fingerprint density at radius 1 is 1.02 bits per heavy atom. The summed E-state index contributed by atoms with van der Waals surface area (Å²) in [5, 5.41) is 17.6. The first-order valence-corrected chi connectivity index (χ1v) is 15.1. The van der Waals surface area contributed by atoms with Crippen molar-refractivity contribution in [3.8, 4) is 5.75 Å². The van der Waals surface area contributed by atoms with E-state index in [2.05, 4.69) is 26.6 Å². The number of nitrogens with zero attached hydrogens (tertiary/aromatic N) is 2. The highest BCUT2D eigenvalue weighted by Gasteiger charge is 2.38. The van der Waals surface area contributed by atoms with E-state index in [1.807, 2.05) is 42.5 Å². The minimum atomic E-state index is -1.04. The van der Waals surface area contributed by atoms with Crippen LogP contribution in [-0.2, 0) is 16.1 Å². The third-order valence-electron chi connectivity index (χ3n) is 8.01. The lowest BCUT2D eigenvalue weighted by atomic mass is 10.0. The average molecular weight is 660 g/mol. The van der Waals surface area contributed by atoms with E-state index in [4.69, 9.17) is 4.74 Å². The standard InChI is InChI=1S/C34H35BrN4O5/c1-20(36-3)32(41)37-28-19-39(33(42)23-11-9-22(10-12-23)21(2)40)30-8-6-5-7-29(30)38(34(28)43)18-27-26-15-14-25(35)17-24(26)13-16-31(27)44-4/h5-17,20-21,28,36,40H,18-19H2,1-4H3,(H,37,41). The van der Waals surface area contributed by atoms with Crippen molar-refractivity contribution in [1.82, 2.24) is 10.6 Å². The summed E-state index contributed by atoms with van der Waals surface area (Å²) < 4.78 is 6.68. The highest BCUT2D eigenvalue weighted by molar-refractivity contribution is 9.10. The molecule has 4 aromatic carbocycles. The van der Waals surface area contributed by atoms with Gasteiger partial charge < -0.3 is 30.3 Å². The van der Waals surface area contributed by atoms with E-state index in [-0.39, 0.29) is 30.8 Å². The van der Waals surface area contributed by atoms with Gasteiger partial charge >= 0.3 is 0 Å². The minimum absolute atomic E-state index is 0.0782. The van der Waals surface area contributed by atoms with Gasteiger partial charge in [-0.2, -0.15) is 0 Å². The SMILES string of the molecule is CNC(C)C(=O)NC1CN(C(=O)c2ccc(C(C)O)cc2)c2ccccc2N(Cc2c(OC)ccc3cc(Br)ccc23)C1=O. The number of likely N-dealkylation sites (N-methyl/N-ethyl adjacent to an activating group) is 1. The number of benzene rings is 4. The van der Waals surface area contributed by atoms with Crippen LogP contribution in [0.4, 0.5) is 11.4 Å². The Labute approximate surface area is 264 Å². The number of carbonyl (C=O) groups is 3. The van der Waals surface area contributed by atoms with Crippen LogP contribution in [0.2, 0.25) is 0 Å². The van der Waals surface area contributed by atoms with Crippen molar-refractivity contribution in [2.45, 2.75) is 38.6 Å². The molecule has 0 fully saturated rings. The topological polar surface area (TPSA) is 111 Å². The number of amides is 3. The summed E-state index contributed by atoms with van der Waals surface area (Å²) in [6.45, 7) is 3.42. The zero-order valence-electron chi connectivity index (χ0n) is 25.0. The molecule has 3 unspecified atom stereocenters. The molecule has 1 heterocycles. The van der Waals surface area contributed by atoms with Gasteiger partial charge in [-0.15, -0.1) is 0 Å². The molecule has 0 spiro atoms. The molecule has 1 aliphatic heterocycles. The number of aliphatic hydroxyl groups excluding tert-OH is 1. The van der Waals surface area contributed by atoms with Gasteiger partial charge in [0.2, 0.25) is 5.91 Å². The fourth-order valence-corrected chi connectivity index (χ4v) is 5.77. The molecule has 228 valence electrons. The van der Waals surface area contributed by atoms with Crippen LogP contribution in [0.25, 0.3) is 10.8 Å². The summed E-state index contributed by atoms with van der Waals surface area (Å²) >= 11 is 3.54. The van der Waals surface area contributed by atoms with Gasteiger partial charge in [-0.1, -0.05) is 52.3 Å². The van der Waals surface area contributed by atoms with Gasteiger partial charge in [0.15, 0.2) is 0 Å². The van der Waals surface area contributed by atoms with Crippen LogP contribution in [0.5, 0.6) is 5.75 Å². The van der Waals surface area contributed by atoms with Gasteiger partial charge in [-0.3, -0.25) is 14.4 Å². The molecule has 3 N–H and O–H groups in total. The Bertz CT molecular complexity index is 1710. The highest BCUT2D eigenvalue weighted by Crippen LogP contribution is 2.38. The van der Waals surface area contributed by atoms with E-state index in [1.54, 1.807) is 69.3 Å². The van der Waals surface area contributed by atoms with Gasteiger partial charge in [0, 0.05) is 15.6 Å². The summed E-state index contributed by atoms with van der Waals surface area (Å²) in [5.41, 5.74) is 2.93. The number of hydrogen-bond donors (Lipinski definition) is 3. The second-order valence-corrected chi connectivity index (χ2v) is 11.7. The number of carbonyl (C=O) groups excluding carboxylic acids is 3. The maximum Gasteiger partial charge on any atom is 0.258 e. The second-order valence-electron chi connectivity index (χ2n) is 10.8. The lowest BCUT2D eigenvalue weighted by Crippen LogP contribution is -2.55. The summed E-state index contributed by atoms with van der Waals surface area (Å²) in [5.74, 6) is -0.439. The first kappa shape index (κ1) is 31.2. The lowest BCUT2D eigenvalue weighted by molar-refractivity contribution is -0.128. The fraction of sp³-hybridized carbons (Fsp3) is 0.265. The fourth-order valence-electron chi connectivity index (χ4n) is 5.39. The zero-order valence-corrected chi connectivity index (χ0v) is 26.6. The molecular weight excluding hydrogens is 624 g/mol. The lowest BCUT2D eigenvalue weighted by Gasteiger charge is -2.27. The smallest absolute Gasteiger partial charge is 0.258 e. The number of rotatable bonds is 8. The molecule has 1 aliphatic rings. The molecule has 0 saturated heterocycles. The highest BCUT2D eigenvalue weighted by atomic mass is 79.9. The van der Waals surface area contributed by atoms with E-state index < -0.39 is 18.2 Å². The first-order valence-electron chi connectivity index (χ1n) is 14.4. The molecule has 10 heteroatoms. The summed E-state index contributed by atoms with van der Waals surface area (Å²) in [6.07, 6.45) is -0.676. The number of ether oxygens (including phenoxy) is 1. The normalized spacial score (nSPS) is 16.2. The maximum absolute atomic E-state index is 14.4. The molecule has 0 saturated carbocycles. The average Bonchev–Trinajstić information content (AvgIpc) is 3.14. The summed E-state index contributed by atoms with van der Waals surface area (Å²) in [6, 6.07) is 22.1. The molecule has 3 amide bonds. The van der Waals surface area contributed by atoms with Crippen molar-refractivity contribution in [3.05, 3.63) is 100 Å². The first-order chi connectivity index (χ1) is 21.1. The third-order valence-corrected chi connectivity index (χ3v) is 8.50. The largest absolute Gasteiger partial charge is 0.496 e. The van der Waals surface area contributed by atoms with E-state index in [1.165, 1.54) is 4.90 Å². The molecule has 0 bridgehead atoms. The molecule has 9 nitrogen and oxygen atoms in total. The summed E-state index contributed by atoms with van der Waals surface area (Å²) in [4.78, 5) is 44.8. The van der Waals surface area contributed by atoms with Gasteiger partial charge in [0.25, 0.3) is 11.8 Å². The number of nitrogens with one attached hydrogen (secondary N) is 2. The zero-order chi connectivity index (χ0) is 31.5. The van der Waals surface area contributed by atoms with E-state index in [0.717, 1.165) is 20.8 Å². The van der Waals surface area contributed by atoms with Crippen LogP contribution in [0.15, 0.2) is 83.3 Å². The van der Waals surface area contributed by atoms with E-state index in [0.29, 0.717) is 28.3 Å². The van der Waals surface area contributed by atoms with Crippen molar-refractivity contribution >= 4 is 55.8 Å².